The standard InChI is InChI=1S/C19H28O2/c1-18(2)9-4-10-19(3)16-7-5-13(11-20)15(12-21)14(16)6-8-17(18)19/h5,12,16-17,20H,4,6-11H2,1-3H3. The first-order valence-electron chi connectivity index (χ1n) is 8.42. The normalized spacial score (nSPS) is 38.4. The summed E-state index contributed by atoms with van der Waals surface area (Å²) < 4.78 is 0. The predicted molar refractivity (Wildman–Crippen MR) is 84.8 cm³/mol. The highest BCUT2D eigenvalue weighted by atomic mass is 16.3. The second kappa shape index (κ2) is 5.08. The number of carbonyl (C=O) groups is 1. The van der Waals surface area contributed by atoms with E-state index in [9.17, 15) is 9.90 Å². The number of hydrogen-bond donors (Lipinski definition) is 1. The molecule has 3 atom stereocenters. The van der Waals surface area contributed by atoms with E-state index in [-0.39, 0.29) is 6.61 Å². The highest BCUT2D eigenvalue weighted by Gasteiger charge is 2.53. The van der Waals surface area contributed by atoms with Crippen molar-refractivity contribution >= 4 is 6.29 Å². The van der Waals surface area contributed by atoms with Gasteiger partial charge < -0.3 is 5.11 Å². The summed E-state index contributed by atoms with van der Waals surface area (Å²) in [5.74, 6) is 1.26. The molecule has 0 spiro atoms. The van der Waals surface area contributed by atoms with Crippen molar-refractivity contribution in [3.63, 3.8) is 0 Å². The van der Waals surface area contributed by atoms with Crippen molar-refractivity contribution in [3.05, 3.63) is 22.8 Å². The zero-order valence-electron chi connectivity index (χ0n) is 13.6. The Balaban J connectivity index is 2.03. The lowest BCUT2D eigenvalue weighted by atomic mass is 9.46. The molecular weight excluding hydrogens is 260 g/mol. The van der Waals surface area contributed by atoms with Crippen molar-refractivity contribution in [1.29, 1.82) is 0 Å². The van der Waals surface area contributed by atoms with E-state index in [2.05, 4.69) is 26.8 Å². The van der Waals surface area contributed by atoms with Crippen LogP contribution < -0.4 is 0 Å². The molecule has 2 nitrogen and oxygen atoms in total. The highest BCUT2D eigenvalue weighted by Crippen LogP contribution is 2.63. The lowest BCUT2D eigenvalue weighted by molar-refractivity contribution is -0.105. The number of carbonyl (C=O) groups excluding carboxylic acids is 1. The van der Waals surface area contributed by atoms with E-state index in [0.717, 1.165) is 36.2 Å². The minimum Gasteiger partial charge on any atom is -0.392 e. The Labute approximate surface area is 128 Å². The van der Waals surface area contributed by atoms with E-state index in [1.54, 1.807) is 0 Å². The third-order valence-electron chi connectivity index (χ3n) is 6.78. The SMILES string of the molecule is CC1(C)CCCC2(C)C3CC=C(CO)C(C=O)=C3CCC12. The van der Waals surface area contributed by atoms with Gasteiger partial charge in [-0.1, -0.05) is 38.8 Å². The first-order valence-corrected chi connectivity index (χ1v) is 8.42. The number of rotatable bonds is 2. The first kappa shape index (κ1) is 15.0. The lowest BCUT2D eigenvalue weighted by Gasteiger charge is -2.58. The number of fused-ring (bicyclic) bond motifs is 3. The van der Waals surface area contributed by atoms with Gasteiger partial charge in [0.1, 0.15) is 6.29 Å². The average Bonchev–Trinajstić information content (AvgIpc) is 2.45. The summed E-state index contributed by atoms with van der Waals surface area (Å²) in [5, 5.41) is 9.50. The van der Waals surface area contributed by atoms with E-state index in [0.29, 0.717) is 16.7 Å². The summed E-state index contributed by atoms with van der Waals surface area (Å²) >= 11 is 0. The molecule has 116 valence electrons. The van der Waals surface area contributed by atoms with Gasteiger partial charge >= 0.3 is 0 Å². The Kier molecular flexibility index (Phi) is 3.64. The van der Waals surface area contributed by atoms with E-state index in [1.165, 1.54) is 31.3 Å². The third-order valence-corrected chi connectivity index (χ3v) is 6.78. The zero-order valence-corrected chi connectivity index (χ0v) is 13.6. The molecule has 0 amide bonds. The molecule has 0 aromatic heterocycles. The molecule has 3 unspecified atom stereocenters. The summed E-state index contributed by atoms with van der Waals surface area (Å²) in [4.78, 5) is 11.6. The van der Waals surface area contributed by atoms with Crippen molar-refractivity contribution in [2.75, 3.05) is 6.61 Å². The molecule has 2 saturated carbocycles. The van der Waals surface area contributed by atoms with Crippen molar-refractivity contribution in [2.24, 2.45) is 22.7 Å². The van der Waals surface area contributed by atoms with Gasteiger partial charge in [-0.15, -0.1) is 0 Å². The smallest absolute Gasteiger partial charge is 0.150 e. The maximum atomic E-state index is 11.6. The molecule has 0 heterocycles. The molecule has 0 aromatic carbocycles. The Bertz CT molecular complexity index is 512. The van der Waals surface area contributed by atoms with Crippen molar-refractivity contribution in [1.82, 2.24) is 0 Å². The largest absolute Gasteiger partial charge is 0.392 e. The van der Waals surface area contributed by atoms with Crippen molar-refractivity contribution < 1.29 is 9.90 Å². The van der Waals surface area contributed by atoms with Gasteiger partial charge in [0.2, 0.25) is 0 Å². The van der Waals surface area contributed by atoms with Crippen LogP contribution in [-0.4, -0.2) is 18.0 Å². The zero-order chi connectivity index (χ0) is 15.3. The molecule has 3 aliphatic carbocycles. The Hall–Kier alpha value is -0.890. The Morgan fingerprint density at radius 2 is 2.10 bits per heavy atom. The molecule has 1 N–H and O–H groups in total. The maximum Gasteiger partial charge on any atom is 0.150 e. The fourth-order valence-corrected chi connectivity index (χ4v) is 5.79. The Morgan fingerprint density at radius 1 is 1.33 bits per heavy atom. The average molecular weight is 288 g/mol. The quantitative estimate of drug-likeness (QED) is 0.778. The van der Waals surface area contributed by atoms with Crippen LogP contribution in [0, 0.1) is 22.7 Å². The molecule has 3 rings (SSSR count). The second-order valence-corrected chi connectivity index (χ2v) is 8.17. The summed E-state index contributed by atoms with van der Waals surface area (Å²) in [6.07, 6.45) is 10.3. The molecule has 0 saturated heterocycles. The number of allylic oxidation sites excluding steroid dienone is 2. The number of hydrogen-bond acceptors (Lipinski definition) is 2. The van der Waals surface area contributed by atoms with Gasteiger partial charge in [-0.05, 0) is 60.3 Å². The van der Waals surface area contributed by atoms with Gasteiger partial charge in [0.25, 0.3) is 0 Å². The summed E-state index contributed by atoms with van der Waals surface area (Å²) in [7, 11) is 0. The van der Waals surface area contributed by atoms with Crippen LogP contribution >= 0.6 is 0 Å². The molecular formula is C19H28O2. The fraction of sp³-hybridized carbons (Fsp3) is 0.737. The molecule has 21 heavy (non-hydrogen) atoms. The van der Waals surface area contributed by atoms with Crippen molar-refractivity contribution in [3.8, 4) is 0 Å². The van der Waals surface area contributed by atoms with Gasteiger partial charge in [-0.3, -0.25) is 4.79 Å². The van der Waals surface area contributed by atoms with Gasteiger partial charge in [-0.25, -0.2) is 0 Å². The van der Waals surface area contributed by atoms with Gasteiger partial charge in [-0.2, -0.15) is 0 Å². The third kappa shape index (κ3) is 2.14. The van der Waals surface area contributed by atoms with Crippen LogP contribution in [0.25, 0.3) is 0 Å². The number of aldehydes is 1. The van der Waals surface area contributed by atoms with Crippen LogP contribution in [0.15, 0.2) is 22.8 Å². The number of aliphatic hydroxyl groups is 1. The van der Waals surface area contributed by atoms with Crippen LogP contribution in [0.5, 0.6) is 0 Å². The van der Waals surface area contributed by atoms with E-state index in [1.807, 2.05) is 0 Å². The highest BCUT2D eigenvalue weighted by molar-refractivity contribution is 5.82. The van der Waals surface area contributed by atoms with E-state index in [4.69, 9.17) is 0 Å². The van der Waals surface area contributed by atoms with E-state index >= 15 is 0 Å². The van der Waals surface area contributed by atoms with Gasteiger partial charge in [0.15, 0.2) is 0 Å². The van der Waals surface area contributed by atoms with Crippen LogP contribution in [0.1, 0.15) is 59.3 Å². The molecule has 0 aromatic rings. The topological polar surface area (TPSA) is 37.3 Å². The monoisotopic (exact) mass is 288 g/mol. The molecule has 0 radical (unpaired) electrons. The van der Waals surface area contributed by atoms with Crippen LogP contribution in [0.2, 0.25) is 0 Å². The summed E-state index contributed by atoms with van der Waals surface area (Å²) in [6.45, 7) is 7.32. The van der Waals surface area contributed by atoms with Crippen LogP contribution in [0.3, 0.4) is 0 Å². The lowest BCUT2D eigenvalue weighted by Crippen LogP contribution is -2.50. The minimum absolute atomic E-state index is 0.00404. The summed E-state index contributed by atoms with van der Waals surface area (Å²) in [6, 6.07) is 0. The molecule has 2 fully saturated rings. The first-order chi connectivity index (χ1) is 9.94. The fourth-order valence-electron chi connectivity index (χ4n) is 5.79. The van der Waals surface area contributed by atoms with E-state index < -0.39 is 0 Å². The predicted octanol–water partition coefficient (Wildman–Crippen LogP) is 4.05. The Morgan fingerprint density at radius 3 is 2.76 bits per heavy atom. The molecule has 0 aliphatic heterocycles. The number of aliphatic hydroxyl groups excluding tert-OH is 1. The molecule has 3 aliphatic rings. The van der Waals surface area contributed by atoms with Crippen LogP contribution in [0.4, 0.5) is 0 Å². The van der Waals surface area contributed by atoms with Gasteiger partial charge in [0, 0.05) is 5.57 Å². The van der Waals surface area contributed by atoms with Crippen molar-refractivity contribution in [2.45, 2.75) is 59.3 Å². The van der Waals surface area contributed by atoms with Gasteiger partial charge in [0.05, 0.1) is 6.61 Å². The minimum atomic E-state index is -0.00404. The molecule has 0 bridgehead atoms. The maximum absolute atomic E-state index is 11.6. The van der Waals surface area contributed by atoms with Crippen LogP contribution in [-0.2, 0) is 4.79 Å². The molecule has 2 heteroatoms. The second-order valence-electron chi connectivity index (χ2n) is 8.17. The summed E-state index contributed by atoms with van der Waals surface area (Å²) in [5.41, 5.74) is 3.75.